The Hall–Kier alpha value is -5.01. The van der Waals surface area contributed by atoms with Crippen LogP contribution >= 0.6 is 11.6 Å². The van der Waals surface area contributed by atoms with E-state index in [-0.39, 0.29) is 41.0 Å². The van der Waals surface area contributed by atoms with Gasteiger partial charge in [0, 0.05) is 35.7 Å². The summed E-state index contributed by atoms with van der Waals surface area (Å²) in [6.07, 6.45) is 0.0731. The van der Waals surface area contributed by atoms with E-state index < -0.39 is 55.7 Å². The van der Waals surface area contributed by atoms with Crippen molar-refractivity contribution in [1.29, 1.82) is 0 Å². The number of anilines is 1. The minimum atomic E-state index is -4.71. The van der Waals surface area contributed by atoms with Crippen LogP contribution in [0.15, 0.2) is 95.9 Å². The fourth-order valence-electron chi connectivity index (χ4n) is 5.17. The van der Waals surface area contributed by atoms with Gasteiger partial charge in [-0.25, -0.2) is 12.8 Å². The van der Waals surface area contributed by atoms with Crippen LogP contribution < -0.4 is 14.4 Å². The van der Waals surface area contributed by atoms with E-state index in [9.17, 15) is 32.5 Å². The highest BCUT2D eigenvalue weighted by molar-refractivity contribution is 7.92. The number of sulfonamides is 1. The topological polar surface area (TPSA) is 139 Å². The average molecular weight is 711 g/mol. The van der Waals surface area contributed by atoms with Crippen LogP contribution in [0.1, 0.15) is 30.5 Å². The number of nitrogens with zero attached hydrogens (tertiary/aromatic N) is 3. The van der Waals surface area contributed by atoms with Gasteiger partial charge in [0.05, 0.1) is 22.6 Å². The number of nitro groups is 1. The zero-order chi connectivity index (χ0) is 35.9. The third kappa shape index (κ3) is 9.12. The molecule has 0 heterocycles. The van der Waals surface area contributed by atoms with Crippen molar-refractivity contribution in [2.24, 2.45) is 0 Å². The fraction of sp³-hybridized carbons (Fsp3) is 0.257. The largest absolute Gasteiger partial charge is 0.495 e. The summed E-state index contributed by atoms with van der Waals surface area (Å²) in [5, 5.41) is 14.7. The first-order valence-corrected chi connectivity index (χ1v) is 17.0. The van der Waals surface area contributed by atoms with Crippen LogP contribution in [0.4, 0.5) is 15.8 Å². The number of halogens is 2. The number of ether oxygens (including phenoxy) is 1. The Bertz CT molecular complexity index is 1930. The number of rotatable bonds is 14. The number of aryl methyl sites for hydroxylation is 1. The molecule has 1 atom stereocenters. The van der Waals surface area contributed by atoms with E-state index in [4.69, 9.17) is 16.3 Å². The van der Waals surface area contributed by atoms with Crippen molar-refractivity contribution < 1.29 is 32.1 Å². The highest BCUT2D eigenvalue weighted by Crippen LogP contribution is 2.36. The molecule has 0 aromatic heterocycles. The van der Waals surface area contributed by atoms with E-state index in [1.54, 1.807) is 38.1 Å². The summed E-state index contributed by atoms with van der Waals surface area (Å²) in [5.41, 5.74) is 0.902. The third-order valence-corrected chi connectivity index (χ3v) is 9.61. The second-order valence-corrected chi connectivity index (χ2v) is 13.8. The van der Waals surface area contributed by atoms with Crippen molar-refractivity contribution in [3.63, 3.8) is 0 Å². The third-order valence-electron chi connectivity index (χ3n) is 7.62. The Kier molecular flexibility index (Phi) is 12.0. The molecule has 4 aromatic carbocycles. The number of carbonyl (C=O) groups is 2. The van der Waals surface area contributed by atoms with E-state index in [1.807, 2.05) is 6.07 Å². The van der Waals surface area contributed by atoms with Crippen molar-refractivity contribution in [3.8, 4) is 5.75 Å². The van der Waals surface area contributed by atoms with Crippen molar-refractivity contribution in [3.05, 3.63) is 129 Å². The maximum atomic E-state index is 14.6. The van der Waals surface area contributed by atoms with Gasteiger partial charge in [-0.1, -0.05) is 60.1 Å². The number of carbonyl (C=O) groups excluding carboxylic acids is 2. The first-order chi connectivity index (χ1) is 23.2. The Morgan fingerprint density at radius 1 is 0.980 bits per heavy atom. The Morgan fingerprint density at radius 3 is 2.27 bits per heavy atom. The Morgan fingerprint density at radius 2 is 1.65 bits per heavy atom. The molecule has 14 heteroatoms. The van der Waals surface area contributed by atoms with Crippen LogP contribution in [0.25, 0.3) is 0 Å². The molecule has 0 aliphatic heterocycles. The summed E-state index contributed by atoms with van der Waals surface area (Å²) >= 11 is 6.31. The summed E-state index contributed by atoms with van der Waals surface area (Å²) in [5.74, 6) is -1.74. The molecule has 4 aromatic rings. The summed E-state index contributed by atoms with van der Waals surface area (Å²) in [7, 11) is -3.41. The van der Waals surface area contributed by atoms with Crippen molar-refractivity contribution in [1.82, 2.24) is 10.2 Å². The molecule has 0 aliphatic rings. The lowest BCUT2D eigenvalue weighted by molar-refractivity contribution is -0.385. The second kappa shape index (κ2) is 15.9. The van der Waals surface area contributed by atoms with Crippen LogP contribution in [0, 0.1) is 22.9 Å². The van der Waals surface area contributed by atoms with Gasteiger partial charge in [-0.3, -0.25) is 24.0 Å². The first-order valence-electron chi connectivity index (χ1n) is 15.2. The van der Waals surface area contributed by atoms with Crippen molar-refractivity contribution in [2.45, 2.75) is 50.7 Å². The second-order valence-electron chi connectivity index (χ2n) is 11.6. The first kappa shape index (κ1) is 36.8. The molecule has 0 bridgehead atoms. The number of hydrogen-bond donors (Lipinski definition) is 1. The van der Waals surface area contributed by atoms with Gasteiger partial charge in [0.2, 0.25) is 11.8 Å². The molecule has 0 fully saturated rings. The number of methoxy groups -OCH3 is 1. The van der Waals surface area contributed by atoms with Crippen LogP contribution in [-0.2, 0) is 32.6 Å². The van der Waals surface area contributed by atoms with Gasteiger partial charge in [0.25, 0.3) is 15.7 Å². The number of nitro benzene ring substituents is 1. The number of hydrogen-bond acceptors (Lipinski definition) is 7. The van der Waals surface area contributed by atoms with Crippen molar-refractivity contribution in [2.75, 3.05) is 18.0 Å². The molecule has 0 saturated heterocycles. The molecule has 0 aliphatic carbocycles. The molecule has 11 nitrogen and oxygen atoms in total. The lowest BCUT2D eigenvalue weighted by atomic mass is 10.0. The molecular formula is C35H36ClFN4O7S. The van der Waals surface area contributed by atoms with E-state index in [1.165, 1.54) is 73.5 Å². The molecule has 2 amide bonds. The van der Waals surface area contributed by atoms with Gasteiger partial charge in [0.15, 0.2) is 0 Å². The van der Waals surface area contributed by atoms with Gasteiger partial charge in [-0.15, -0.1) is 0 Å². The van der Waals surface area contributed by atoms with E-state index in [0.717, 1.165) is 15.9 Å². The maximum Gasteiger partial charge on any atom is 0.273 e. The summed E-state index contributed by atoms with van der Waals surface area (Å²) < 4.78 is 48.9. The molecule has 0 unspecified atom stereocenters. The van der Waals surface area contributed by atoms with Crippen LogP contribution in [0.3, 0.4) is 0 Å². The average Bonchev–Trinajstić information content (AvgIpc) is 3.06. The number of amides is 2. The number of nitrogens with one attached hydrogen (secondary N) is 1. The fourth-order valence-corrected chi connectivity index (χ4v) is 6.77. The van der Waals surface area contributed by atoms with Gasteiger partial charge in [-0.05, 0) is 68.3 Å². The van der Waals surface area contributed by atoms with Gasteiger partial charge in [0.1, 0.15) is 24.2 Å². The molecule has 0 saturated carbocycles. The molecule has 4 rings (SSSR count). The van der Waals surface area contributed by atoms with E-state index in [2.05, 4.69) is 5.32 Å². The molecule has 49 heavy (non-hydrogen) atoms. The summed E-state index contributed by atoms with van der Waals surface area (Å²) in [4.78, 5) is 40.2. The summed E-state index contributed by atoms with van der Waals surface area (Å²) in [6, 6.07) is 20.6. The molecule has 1 N–H and O–H groups in total. The minimum absolute atomic E-state index is 0.0471. The summed E-state index contributed by atoms with van der Waals surface area (Å²) in [6.45, 7) is 3.97. The molecular weight excluding hydrogens is 675 g/mol. The predicted molar refractivity (Wildman–Crippen MR) is 185 cm³/mol. The van der Waals surface area contributed by atoms with Crippen LogP contribution in [-0.4, -0.2) is 55.8 Å². The lowest BCUT2D eigenvalue weighted by Gasteiger charge is -2.34. The zero-order valence-corrected chi connectivity index (χ0v) is 28.9. The van der Waals surface area contributed by atoms with E-state index in [0.29, 0.717) is 5.56 Å². The monoisotopic (exact) mass is 710 g/mol. The lowest BCUT2D eigenvalue weighted by Crippen LogP contribution is -2.54. The zero-order valence-electron chi connectivity index (χ0n) is 27.3. The Balaban J connectivity index is 1.89. The maximum absolute atomic E-state index is 14.6. The van der Waals surface area contributed by atoms with Crippen LogP contribution in [0.5, 0.6) is 5.75 Å². The van der Waals surface area contributed by atoms with Crippen molar-refractivity contribution >= 4 is 44.8 Å². The standard InChI is InChI=1S/C35H36ClFN4O7S/c1-23(2)38-35(43)32(18-25-8-6-5-7-9-25)39(21-26-11-14-28(37)15-12-26)34(42)22-40(31-19-27(36)13-17-33(31)48-4)49(46,47)29-16-10-24(3)30(20-29)41(44)45/h5-17,19-20,23,32H,18,21-22H2,1-4H3,(H,38,43)/t32-/m0/s1. The SMILES string of the molecule is COc1ccc(Cl)cc1N(CC(=O)N(Cc1ccc(F)cc1)[C@@H](Cc1ccccc1)C(=O)NC(C)C)S(=O)(=O)c1ccc(C)c([N+](=O)[O-])c1. The van der Waals surface area contributed by atoms with Crippen LogP contribution in [0.2, 0.25) is 5.02 Å². The smallest absolute Gasteiger partial charge is 0.273 e. The quantitative estimate of drug-likeness (QED) is 0.124. The van der Waals surface area contributed by atoms with Gasteiger partial charge >= 0.3 is 0 Å². The number of benzene rings is 4. The predicted octanol–water partition coefficient (Wildman–Crippen LogP) is 6.06. The highest BCUT2D eigenvalue weighted by atomic mass is 35.5. The molecule has 258 valence electrons. The van der Waals surface area contributed by atoms with Gasteiger partial charge < -0.3 is 15.0 Å². The Labute approximate surface area is 289 Å². The molecule has 0 radical (unpaired) electrons. The van der Waals surface area contributed by atoms with E-state index >= 15 is 0 Å². The van der Waals surface area contributed by atoms with Gasteiger partial charge in [-0.2, -0.15) is 0 Å². The normalized spacial score (nSPS) is 11.9. The minimum Gasteiger partial charge on any atom is -0.495 e. The molecule has 0 spiro atoms. The highest BCUT2D eigenvalue weighted by Gasteiger charge is 2.36.